The highest BCUT2D eigenvalue weighted by Gasteiger charge is 2.05. The Hall–Kier alpha value is -2.03. The van der Waals surface area contributed by atoms with Crippen LogP contribution in [0.15, 0.2) is 42.5 Å². The van der Waals surface area contributed by atoms with Gasteiger partial charge in [-0.15, -0.1) is 0 Å². The van der Waals surface area contributed by atoms with Gasteiger partial charge in [-0.3, -0.25) is 0 Å². The summed E-state index contributed by atoms with van der Waals surface area (Å²) in [5, 5.41) is 0. The van der Waals surface area contributed by atoms with Crippen molar-refractivity contribution in [3.8, 4) is 0 Å². The van der Waals surface area contributed by atoms with Crippen LogP contribution in [0.2, 0.25) is 0 Å². The van der Waals surface area contributed by atoms with Gasteiger partial charge in [0.2, 0.25) is 0 Å². The number of nitrogens with two attached hydrogens (primary N) is 1. The molecule has 0 aromatic heterocycles. The van der Waals surface area contributed by atoms with Crippen LogP contribution < -0.4 is 10.6 Å². The van der Waals surface area contributed by atoms with E-state index in [-0.39, 0.29) is 11.5 Å². The summed E-state index contributed by atoms with van der Waals surface area (Å²) in [6.07, 6.45) is 0.933. The maximum atomic E-state index is 13.4. The van der Waals surface area contributed by atoms with Crippen LogP contribution in [0.3, 0.4) is 0 Å². The zero-order chi connectivity index (χ0) is 13.8. The number of benzene rings is 2. The normalized spacial score (nSPS) is 10.5. The van der Waals surface area contributed by atoms with E-state index in [1.807, 2.05) is 18.0 Å². The molecule has 2 N–H and O–H groups in total. The molecule has 2 rings (SSSR count). The summed E-state index contributed by atoms with van der Waals surface area (Å²) < 4.78 is 13.4. The zero-order valence-corrected chi connectivity index (χ0v) is 11.4. The Labute approximate surface area is 113 Å². The third-order valence-electron chi connectivity index (χ3n) is 3.28. The number of hydrogen-bond donors (Lipinski definition) is 1. The highest BCUT2D eigenvalue weighted by Crippen LogP contribution is 2.19. The van der Waals surface area contributed by atoms with E-state index in [1.54, 1.807) is 6.07 Å². The van der Waals surface area contributed by atoms with Crippen molar-refractivity contribution in [2.75, 3.05) is 24.2 Å². The molecular formula is C16H19FN2. The summed E-state index contributed by atoms with van der Waals surface area (Å²) >= 11 is 0. The minimum Gasteiger partial charge on any atom is -0.396 e. The summed E-state index contributed by atoms with van der Waals surface area (Å²) in [5.41, 5.74) is 9.06. The second kappa shape index (κ2) is 5.74. The molecule has 0 aliphatic rings. The standard InChI is InChI=1S/C16H19FN2/c1-12-3-5-13(6-4-12)9-10-19(2)14-7-8-16(18)15(17)11-14/h3-8,11H,9-10,18H2,1-2H3. The van der Waals surface area contributed by atoms with Crippen molar-refractivity contribution in [1.29, 1.82) is 0 Å². The van der Waals surface area contributed by atoms with Crippen molar-refractivity contribution in [2.45, 2.75) is 13.3 Å². The van der Waals surface area contributed by atoms with E-state index in [9.17, 15) is 4.39 Å². The second-order valence-corrected chi connectivity index (χ2v) is 4.86. The number of nitrogens with zero attached hydrogens (tertiary/aromatic N) is 1. The number of halogens is 1. The first-order chi connectivity index (χ1) is 9.06. The smallest absolute Gasteiger partial charge is 0.148 e. The zero-order valence-electron chi connectivity index (χ0n) is 11.4. The van der Waals surface area contributed by atoms with Gasteiger partial charge in [0.05, 0.1) is 5.69 Å². The third-order valence-corrected chi connectivity index (χ3v) is 3.28. The molecule has 0 unspecified atom stereocenters. The Balaban J connectivity index is 1.98. The molecule has 0 radical (unpaired) electrons. The van der Waals surface area contributed by atoms with Crippen molar-refractivity contribution in [2.24, 2.45) is 0 Å². The first-order valence-corrected chi connectivity index (χ1v) is 6.38. The highest BCUT2D eigenvalue weighted by atomic mass is 19.1. The molecule has 0 fully saturated rings. The van der Waals surface area contributed by atoms with Crippen LogP contribution in [0.25, 0.3) is 0 Å². The molecule has 2 aromatic rings. The lowest BCUT2D eigenvalue weighted by molar-refractivity contribution is 0.632. The SMILES string of the molecule is Cc1ccc(CCN(C)c2ccc(N)c(F)c2)cc1. The van der Waals surface area contributed by atoms with Crippen molar-refractivity contribution in [1.82, 2.24) is 0 Å². The van der Waals surface area contributed by atoms with Crippen molar-refractivity contribution in [3.63, 3.8) is 0 Å². The Kier molecular flexibility index (Phi) is 4.05. The Morgan fingerprint density at radius 1 is 1.11 bits per heavy atom. The summed E-state index contributed by atoms with van der Waals surface area (Å²) in [6, 6.07) is 13.4. The van der Waals surface area contributed by atoms with Crippen LogP contribution >= 0.6 is 0 Å². The Morgan fingerprint density at radius 2 is 1.79 bits per heavy atom. The molecule has 19 heavy (non-hydrogen) atoms. The Morgan fingerprint density at radius 3 is 2.42 bits per heavy atom. The Bertz CT molecular complexity index is 549. The van der Waals surface area contributed by atoms with Gasteiger partial charge in [-0.1, -0.05) is 29.8 Å². The molecule has 3 heteroatoms. The van der Waals surface area contributed by atoms with Gasteiger partial charge in [0.15, 0.2) is 0 Å². The third kappa shape index (κ3) is 3.47. The minimum atomic E-state index is -0.361. The number of anilines is 2. The van der Waals surface area contributed by atoms with E-state index in [0.29, 0.717) is 0 Å². The fraction of sp³-hybridized carbons (Fsp3) is 0.250. The summed E-state index contributed by atoms with van der Waals surface area (Å²) in [6.45, 7) is 2.92. The van der Waals surface area contributed by atoms with E-state index in [0.717, 1.165) is 18.7 Å². The van der Waals surface area contributed by atoms with Crippen LogP contribution in [0.5, 0.6) is 0 Å². The van der Waals surface area contributed by atoms with Gasteiger partial charge in [-0.25, -0.2) is 4.39 Å². The molecule has 0 aliphatic carbocycles. The number of hydrogen-bond acceptors (Lipinski definition) is 2. The molecule has 100 valence electrons. The molecular weight excluding hydrogens is 239 g/mol. The van der Waals surface area contributed by atoms with Gasteiger partial charge in [0, 0.05) is 19.3 Å². The number of rotatable bonds is 4. The van der Waals surface area contributed by atoms with E-state index in [4.69, 9.17) is 5.73 Å². The van der Waals surface area contributed by atoms with E-state index in [2.05, 4.69) is 31.2 Å². The van der Waals surface area contributed by atoms with E-state index >= 15 is 0 Å². The lowest BCUT2D eigenvalue weighted by Crippen LogP contribution is -2.20. The van der Waals surface area contributed by atoms with Gasteiger partial charge in [-0.2, -0.15) is 0 Å². The minimum absolute atomic E-state index is 0.190. The molecule has 2 aromatic carbocycles. The number of likely N-dealkylation sites (N-methyl/N-ethyl adjacent to an activating group) is 1. The van der Waals surface area contributed by atoms with E-state index < -0.39 is 0 Å². The van der Waals surface area contributed by atoms with Crippen LogP contribution in [-0.4, -0.2) is 13.6 Å². The first kappa shape index (κ1) is 13.4. The molecule has 0 heterocycles. The molecule has 0 atom stereocenters. The molecule has 0 spiro atoms. The van der Waals surface area contributed by atoms with Crippen molar-refractivity contribution in [3.05, 3.63) is 59.4 Å². The lowest BCUT2D eigenvalue weighted by Gasteiger charge is -2.19. The monoisotopic (exact) mass is 258 g/mol. The lowest BCUT2D eigenvalue weighted by atomic mass is 10.1. The summed E-state index contributed by atoms with van der Waals surface area (Å²) in [7, 11) is 1.96. The molecule has 0 saturated heterocycles. The van der Waals surface area contributed by atoms with Gasteiger partial charge in [0.1, 0.15) is 5.82 Å². The molecule has 2 nitrogen and oxygen atoms in total. The van der Waals surface area contributed by atoms with Crippen LogP contribution in [-0.2, 0) is 6.42 Å². The number of nitrogen functional groups attached to an aromatic ring is 1. The fourth-order valence-electron chi connectivity index (χ4n) is 1.93. The number of aryl methyl sites for hydroxylation is 1. The maximum Gasteiger partial charge on any atom is 0.148 e. The largest absolute Gasteiger partial charge is 0.396 e. The second-order valence-electron chi connectivity index (χ2n) is 4.86. The maximum absolute atomic E-state index is 13.4. The van der Waals surface area contributed by atoms with Gasteiger partial charge >= 0.3 is 0 Å². The summed E-state index contributed by atoms with van der Waals surface area (Å²) in [5.74, 6) is -0.361. The average Bonchev–Trinajstić information content (AvgIpc) is 2.41. The van der Waals surface area contributed by atoms with Gasteiger partial charge in [0.25, 0.3) is 0 Å². The topological polar surface area (TPSA) is 29.3 Å². The van der Waals surface area contributed by atoms with Gasteiger partial charge < -0.3 is 10.6 Å². The fourth-order valence-corrected chi connectivity index (χ4v) is 1.93. The molecule has 0 bridgehead atoms. The highest BCUT2D eigenvalue weighted by molar-refractivity contribution is 5.53. The van der Waals surface area contributed by atoms with Crippen LogP contribution in [0.1, 0.15) is 11.1 Å². The quantitative estimate of drug-likeness (QED) is 0.852. The van der Waals surface area contributed by atoms with Crippen molar-refractivity contribution < 1.29 is 4.39 Å². The van der Waals surface area contributed by atoms with Gasteiger partial charge in [-0.05, 0) is 37.1 Å². The average molecular weight is 258 g/mol. The predicted octanol–water partition coefficient (Wildman–Crippen LogP) is 3.40. The first-order valence-electron chi connectivity index (χ1n) is 6.38. The summed E-state index contributed by atoms with van der Waals surface area (Å²) in [4.78, 5) is 2.03. The molecule has 0 aliphatic heterocycles. The molecule has 0 saturated carbocycles. The van der Waals surface area contributed by atoms with Crippen LogP contribution in [0.4, 0.5) is 15.8 Å². The van der Waals surface area contributed by atoms with Crippen molar-refractivity contribution >= 4 is 11.4 Å². The van der Waals surface area contributed by atoms with Crippen LogP contribution in [0, 0.1) is 12.7 Å². The van der Waals surface area contributed by atoms with E-state index in [1.165, 1.54) is 17.2 Å². The molecule has 0 amide bonds. The predicted molar refractivity (Wildman–Crippen MR) is 79.0 cm³/mol.